The third kappa shape index (κ3) is 2.50. The summed E-state index contributed by atoms with van der Waals surface area (Å²) in [7, 11) is 0. The molecule has 100 valence electrons. The molecular formula is C13H7BrN2O3S. The highest BCUT2D eigenvalue weighted by Crippen LogP contribution is 2.30. The minimum atomic E-state index is -0.992. The van der Waals surface area contributed by atoms with Crippen LogP contribution in [0.3, 0.4) is 0 Å². The van der Waals surface area contributed by atoms with E-state index >= 15 is 0 Å². The Kier molecular flexibility index (Phi) is 3.37. The first-order valence-electron chi connectivity index (χ1n) is 5.56. The van der Waals surface area contributed by atoms with Gasteiger partial charge in [-0.2, -0.15) is 4.98 Å². The Balaban J connectivity index is 1.98. The van der Waals surface area contributed by atoms with Crippen molar-refractivity contribution in [3.05, 3.63) is 45.7 Å². The van der Waals surface area contributed by atoms with E-state index in [1.165, 1.54) is 23.5 Å². The van der Waals surface area contributed by atoms with Gasteiger partial charge in [-0.05, 0) is 46.3 Å². The lowest BCUT2D eigenvalue weighted by Crippen LogP contribution is -1.95. The van der Waals surface area contributed by atoms with Gasteiger partial charge in [-0.15, -0.1) is 11.3 Å². The number of carboxylic acids is 1. The van der Waals surface area contributed by atoms with Crippen molar-refractivity contribution in [3.8, 4) is 22.2 Å². The van der Waals surface area contributed by atoms with Gasteiger partial charge in [-0.1, -0.05) is 11.2 Å². The molecular weight excluding hydrogens is 344 g/mol. The molecule has 3 rings (SSSR count). The molecule has 2 heterocycles. The molecule has 1 N–H and O–H groups in total. The molecule has 5 nitrogen and oxygen atoms in total. The lowest BCUT2D eigenvalue weighted by molar-refractivity contribution is 0.0697. The second-order valence-corrected chi connectivity index (χ2v) is 6.38. The molecule has 0 unspecified atom stereocenters. The minimum absolute atomic E-state index is 0.182. The van der Waals surface area contributed by atoms with Crippen molar-refractivity contribution in [1.29, 1.82) is 0 Å². The highest BCUT2D eigenvalue weighted by molar-refractivity contribution is 9.11. The van der Waals surface area contributed by atoms with Crippen molar-refractivity contribution in [3.63, 3.8) is 0 Å². The van der Waals surface area contributed by atoms with E-state index in [2.05, 4.69) is 26.1 Å². The molecule has 0 radical (unpaired) electrons. The summed E-state index contributed by atoms with van der Waals surface area (Å²) in [6.45, 7) is 0. The van der Waals surface area contributed by atoms with Crippen LogP contribution < -0.4 is 0 Å². The number of rotatable bonds is 3. The second kappa shape index (κ2) is 5.18. The summed E-state index contributed by atoms with van der Waals surface area (Å²) in [5, 5.41) is 12.9. The molecule has 0 bridgehead atoms. The largest absolute Gasteiger partial charge is 0.478 e. The molecule has 7 heteroatoms. The van der Waals surface area contributed by atoms with Crippen molar-refractivity contribution in [2.75, 3.05) is 0 Å². The number of aromatic nitrogens is 2. The molecule has 0 fully saturated rings. The predicted octanol–water partition coefficient (Wildman–Crippen LogP) is 3.93. The van der Waals surface area contributed by atoms with Crippen molar-refractivity contribution < 1.29 is 14.4 Å². The Morgan fingerprint density at radius 1 is 1.30 bits per heavy atom. The lowest BCUT2D eigenvalue weighted by atomic mass is 10.1. The number of halogens is 1. The van der Waals surface area contributed by atoms with Gasteiger partial charge in [-0.25, -0.2) is 4.79 Å². The van der Waals surface area contributed by atoms with Gasteiger partial charge >= 0.3 is 5.97 Å². The van der Waals surface area contributed by atoms with E-state index in [-0.39, 0.29) is 5.56 Å². The Hall–Kier alpha value is -1.99. The molecule has 3 aromatic rings. The van der Waals surface area contributed by atoms with E-state index in [1.807, 2.05) is 12.1 Å². The molecule has 0 atom stereocenters. The van der Waals surface area contributed by atoms with Gasteiger partial charge in [0, 0.05) is 5.56 Å². The first-order valence-corrected chi connectivity index (χ1v) is 7.17. The molecule has 20 heavy (non-hydrogen) atoms. The van der Waals surface area contributed by atoms with Crippen LogP contribution in [0.1, 0.15) is 10.4 Å². The van der Waals surface area contributed by atoms with Crippen LogP contribution in [0, 0.1) is 0 Å². The number of carboxylic acid groups (broad SMARTS) is 1. The molecule has 0 aliphatic heterocycles. The standard InChI is InChI=1S/C13H7BrN2O3S/c14-10-5-4-9(20-10)11-15-12(19-16-11)7-2-1-3-8(6-7)13(17)18/h1-6H,(H,17,18). The molecule has 0 aliphatic carbocycles. The van der Waals surface area contributed by atoms with Gasteiger partial charge in [0.15, 0.2) is 0 Å². The summed E-state index contributed by atoms with van der Waals surface area (Å²) in [4.78, 5) is 16.1. The normalized spacial score (nSPS) is 10.7. The number of benzene rings is 1. The number of nitrogens with zero attached hydrogens (tertiary/aromatic N) is 2. The zero-order valence-electron chi connectivity index (χ0n) is 9.91. The monoisotopic (exact) mass is 350 g/mol. The SMILES string of the molecule is O=C(O)c1cccc(-c2nc(-c3ccc(Br)s3)no2)c1. The Morgan fingerprint density at radius 3 is 2.85 bits per heavy atom. The zero-order chi connectivity index (χ0) is 14.1. The van der Waals surface area contributed by atoms with Crippen LogP contribution in [0.4, 0.5) is 0 Å². The van der Waals surface area contributed by atoms with Gasteiger partial charge in [-0.3, -0.25) is 0 Å². The van der Waals surface area contributed by atoms with E-state index in [9.17, 15) is 4.79 Å². The smallest absolute Gasteiger partial charge is 0.335 e. The lowest BCUT2D eigenvalue weighted by Gasteiger charge is -1.96. The van der Waals surface area contributed by atoms with Crippen LogP contribution in [0.2, 0.25) is 0 Å². The van der Waals surface area contributed by atoms with Crippen molar-refractivity contribution in [2.45, 2.75) is 0 Å². The molecule has 0 aliphatic rings. The van der Waals surface area contributed by atoms with E-state index in [0.717, 1.165) is 8.66 Å². The Bertz CT molecular complexity index is 781. The van der Waals surface area contributed by atoms with Gasteiger partial charge in [0.1, 0.15) is 0 Å². The maximum absolute atomic E-state index is 10.9. The third-order valence-electron chi connectivity index (χ3n) is 2.58. The average molecular weight is 351 g/mol. The van der Waals surface area contributed by atoms with E-state index in [0.29, 0.717) is 17.3 Å². The number of hydrogen-bond donors (Lipinski definition) is 1. The van der Waals surface area contributed by atoms with E-state index in [4.69, 9.17) is 9.63 Å². The quantitative estimate of drug-likeness (QED) is 0.774. The summed E-state index contributed by atoms with van der Waals surface area (Å²) >= 11 is 4.87. The first kappa shape index (κ1) is 13.0. The predicted molar refractivity (Wildman–Crippen MR) is 77.7 cm³/mol. The fourth-order valence-corrected chi connectivity index (χ4v) is 2.97. The summed E-state index contributed by atoms with van der Waals surface area (Å²) in [5.74, 6) is -0.210. The second-order valence-electron chi connectivity index (χ2n) is 3.91. The number of hydrogen-bond acceptors (Lipinski definition) is 5. The Morgan fingerprint density at radius 2 is 2.15 bits per heavy atom. The summed E-state index contributed by atoms with van der Waals surface area (Å²) in [5.41, 5.74) is 0.764. The van der Waals surface area contributed by atoms with Gasteiger partial charge in [0.2, 0.25) is 5.82 Å². The number of aromatic carboxylic acids is 1. The highest BCUT2D eigenvalue weighted by atomic mass is 79.9. The fraction of sp³-hybridized carbons (Fsp3) is 0. The van der Waals surface area contributed by atoms with Crippen molar-refractivity contribution in [2.24, 2.45) is 0 Å². The van der Waals surface area contributed by atoms with Crippen molar-refractivity contribution in [1.82, 2.24) is 10.1 Å². The fourth-order valence-electron chi connectivity index (χ4n) is 1.66. The average Bonchev–Trinajstić information content (AvgIpc) is 3.07. The van der Waals surface area contributed by atoms with Gasteiger partial charge in [0.25, 0.3) is 5.89 Å². The van der Waals surface area contributed by atoms with E-state index in [1.54, 1.807) is 12.1 Å². The molecule has 0 saturated carbocycles. The number of thiophene rings is 1. The Labute approximate surface area is 126 Å². The molecule has 1 aromatic carbocycles. The van der Waals surface area contributed by atoms with Crippen LogP contribution >= 0.6 is 27.3 Å². The molecule has 0 saturated heterocycles. The molecule has 0 amide bonds. The van der Waals surface area contributed by atoms with E-state index < -0.39 is 5.97 Å². The van der Waals surface area contributed by atoms with Crippen LogP contribution in [0.25, 0.3) is 22.2 Å². The first-order chi connectivity index (χ1) is 9.63. The minimum Gasteiger partial charge on any atom is -0.478 e. The summed E-state index contributed by atoms with van der Waals surface area (Å²) in [6.07, 6.45) is 0. The van der Waals surface area contributed by atoms with Crippen LogP contribution in [-0.2, 0) is 0 Å². The van der Waals surface area contributed by atoms with Crippen LogP contribution in [0.5, 0.6) is 0 Å². The van der Waals surface area contributed by atoms with Gasteiger partial charge < -0.3 is 9.63 Å². The summed E-state index contributed by atoms with van der Waals surface area (Å²) < 4.78 is 6.16. The van der Waals surface area contributed by atoms with Crippen LogP contribution in [0.15, 0.2) is 44.7 Å². The molecule has 0 spiro atoms. The maximum Gasteiger partial charge on any atom is 0.335 e. The zero-order valence-corrected chi connectivity index (χ0v) is 12.3. The number of carbonyl (C=O) groups is 1. The summed E-state index contributed by atoms with van der Waals surface area (Å²) in [6, 6.07) is 10.2. The highest BCUT2D eigenvalue weighted by Gasteiger charge is 2.13. The van der Waals surface area contributed by atoms with Crippen LogP contribution in [-0.4, -0.2) is 21.2 Å². The van der Waals surface area contributed by atoms with Gasteiger partial charge in [0.05, 0.1) is 14.2 Å². The topological polar surface area (TPSA) is 76.2 Å². The molecule has 2 aromatic heterocycles. The maximum atomic E-state index is 10.9. The van der Waals surface area contributed by atoms with Crippen molar-refractivity contribution >= 4 is 33.2 Å². The third-order valence-corrected chi connectivity index (χ3v) is 4.20.